The molecule has 0 aromatic heterocycles. The summed E-state index contributed by atoms with van der Waals surface area (Å²) in [5.74, 6) is 0. The number of rotatable bonds is 6. The van der Waals surface area contributed by atoms with E-state index in [1.54, 1.807) is 0 Å². The van der Waals surface area contributed by atoms with Crippen LogP contribution in [0.4, 0.5) is 0 Å². The zero-order valence-electron chi connectivity index (χ0n) is 10.9. The van der Waals surface area contributed by atoms with Gasteiger partial charge in [-0.2, -0.15) is 5.26 Å². The van der Waals surface area contributed by atoms with Gasteiger partial charge in [-0.3, -0.25) is 5.32 Å². The Labute approximate surface area is 114 Å². The van der Waals surface area contributed by atoms with Gasteiger partial charge in [0.15, 0.2) is 0 Å². The largest absolute Gasteiger partial charge is 0.298 e. The lowest BCUT2D eigenvalue weighted by Crippen LogP contribution is -2.21. The molecule has 2 aromatic rings. The Balaban J connectivity index is 1.77. The predicted molar refractivity (Wildman–Crippen MR) is 77.6 cm³/mol. The van der Waals surface area contributed by atoms with E-state index in [0.717, 1.165) is 24.9 Å². The van der Waals surface area contributed by atoms with Gasteiger partial charge < -0.3 is 0 Å². The van der Waals surface area contributed by atoms with Crippen molar-refractivity contribution in [2.45, 2.75) is 18.9 Å². The van der Waals surface area contributed by atoms with E-state index >= 15 is 0 Å². The first kappa shape index (κ1) is 13.3. The molecule has 0 saturated heterocycles. The van der Waals surface area contributed by atoms with Crippen LogP contribution in [0, 0.1) is 11.3 Å². The molecule has 19 heavy (non-hydrogen) atoms. The molecule has 0 aliphatic carbocycles. The average Bonchev–Trinajstić information content (AvgIpc) is 2.49. The van der Waals surface area contributed by atoms with Crippen LogP contribution in [-0.4, -0.2) is 6.54 Å². The van der Waals surface area contributed by atoms with Gasteiger partial charge in [0.1, 0.15) is 6.04 Å². The highest BCUT2D eigenvalue weighted by Crippen LogP contribution is 2.11. The van der Waals surface area contributed by atoms with Crippen molar-refractivity contribution in [2.24, 2.45) is 0 Å². The SMILES string of the molecule is N#CC(NCCCc1ccccc1)c1ccccc1. The highest BCUT2D eigenvalue weighted by molar-refractivity contribution is 5.23. The summed E-state index contributed by atoms with van der Waals surface area (Å²) in [5.41, 5.74) is 2.38. The van der Waals surface area contributed by atoms with Crippen molar-refractivity contribution in [3.63, 3.8) is 0 Å². The van der Waals surface area contributed by atoms with Gasteiger partial charge in [0.2, 0.25) is 0 Å². The number of nitrogens with zero attached hydrogens (tertiary/aromatic N) is 1. The molecule has 0 aliphatic heterocycles. The third-order valence-corrected chi connectivity index (χ3v) is 3.10. The maximum Gasteiger partial charge on any atom is 0.121 e. The number of nitrogens with one attached hydrogen (secondary N) is 1. The van der Waals surface area contributed by atoms with Crippen molar-refractivity contribution in [3.05, 3.63) is 71.8 Å². The van der Waals surface area contributed by atoms with Crippen molar-refractivity contribution in [1.82, 2.24) is 5.32 Å². The molecule has 2 aromatic carbocycles. The summed E-state index contributed by atoms with van der Waals surface area (Å²) in [6, 6.07) is 22.4. The van der Waals surface area contributed by atoms with Crippen molar-refractivity contribution in [1.29, 1.82) is 5.26 Å². The number of benzene rings is 2. The Morgan fingerprint density at radius 2 is 1.58 bits per heavy atom. The van der Waals surface area contributed by atoms with Crippen LogP contribution >= 0.6 is 0 Å². The van der Waals surface area contributed by atoms with E-state index in [-0.39, 0.29) is 6.04 Å². The maximum atomic E-state index is 9.18. The molecule has 0 aliphatic rings. The van der Waals surface area contributed by atoms with Crippen LogP contribution in [0.25, 0.3) is 0 Å². The lowest BCUT2D eigenvalue weighted by molar-refractivity contribution is 0.603. The molecule has 2 heteroatoms. The number of hydrogen-bond acceptors (Lipinski definition) is 2. The molecule has 0 saturated carbocycles. The molecule has 0 radical (unpaired) electrons. The van der Waals surface area contributed by atoms with E-state index in [4.69, 9.17) is 0 Å². The maximum absolute atomic E-state index is 9.18. The minimum atomic E-state index is -0.211. The zero-order valence-corrected chi connectivity index (χ0v) is 10.9. The van der Waals surface area contributed by atoms with E-state index in [1.165, 1.54) is 5.56 Å². The van der Waals surface area contributed by atoms with Gasteiger partial charge in [-0.1, -0.05) is 60.7 Å². The minimum Gasteiger partial charge on any atom is -0.298 e. The van der Waals surface area contributed by atoms with Crippen LogP contribution in [0.15, 0.2) is 60.7 Å². The van der Waals surface area contributed by atoms with Crippen LogP contribution in [0.5, 0.6) is 0 Å². The fourth-order valence-corrected chi connectivity index (χ4v) is 2.07. The van der Waals surface area contributed by atoms with Gasteiger partial charge in [0.05, 0.1) is 6.07 Å². The molecule has 1 atom stereocenters. The molecule has 96 valence electrons. The molecule has 0 amide bonds. The van der Waals surface area contributed by atoms with Crippen molar-refractivity contribution in [3.8, 4) is 6.07 Å². The molecule has 1 unspecified atom stereocenters. The Kier molecular flexibility index (Phi) is 5.16. The molecule has 0 heterocycles. The van der Waals surface area contributed by atoms with Crippen molar-refractivity contribution < 1.29 is 0 Å². The summed E-state index contributed by atoms with van der Waals surface area (Å²) in [4.78, 5) is 0. The molecule has 2 nitrogen and oxygen atoms in total. The predicted octanol–water partition coefficient (Wildman–Crippen LogP) is 3.47. The lowest BCUT2D eigenvalue weighted by atomic mass is 10.1. The average molecular weight is 250 g/mol. The van der Waals surface area contributed by atoms with Gasteiger partial charge >= 0.3 is 0 Å². The zero-order chi connectivity index (χ0) is 13.3. The second-order valence-corrected chi connectivity index (χ2v) is 4.52. The van der Waals surface area contributed by atoms with Gasteiger partial charge in [-0.25, -0.2) is 0 Å². The molecular formula is C17H18N2. The fourth-order valence-electron chi connectivity index (χ4n) is 2.07. The van der Waals surface area contributed by atoms with Crippen LogP contribution in [0.1, 0.15) is 23.6 Å². The second-order valence-electron chi connectivity index (χ2n) is 4.52. The minimum absolute atomic E-state index is 0.211. The fraction of sp³-hybridized carbons (Fsp3) is 0.235. The van der Waals surface area contributed by atoms with Crippen LogP contribution < -0.4 is 5.32 Å². The molecule has 2 rings (SSSR count). The summed E-state index contributed by atoms with van der Waals surface area (Å²) in [5, 5.41) is 12.5. The highest BCUT2D eigenvalue weighted by Gasteiger charge is 2.07. The van der Waals surface area contributed by atoms with Crippen LogP contribution in [0.3, 0.4) is 0 Å². The Bertz CT molecular complexity index is 514. The Hall–Kier alpha value is -2.11. The van der Waals surface area contributed by atoms with E-state index in [0.29, 0.717) is 0 Å². The summed E-state index contributed by atoms with van der Waals surface area (Å²) in [7, 11) is 0. The molecule has 0 spiro atoms. The molecule has 0 bridgehead atoms. The third kappa shape index (κ3) is 4.24. The first-order valence-electron chi connectivity index (χ1n) is 6.62. The summed E-state index contributed by atoms with van der Waals surface area (Å²) >= 11 is 0. The summed E-state index contributed by atoms with van der Waals surface area (Å²) in [6.07, 6.45) is 2.08. The van der Waals surface area contributed by atoms with Gasteiger partial charge in [-0.15, -0.1) is 0 Å². The number of nitriles is 1. The van der Waals surface area contributed by atoms with Crippen LogP contribution in [0.2, 0.25) is 0 Å². The number of aryl methyl sites for hydroxylation is 1. The third-order valence-electron chi connectivity index (χ3n) is 3.10. The van der Waals surface area contributed by atoms with E-state index < -0.39 is 0 Å². The number of hydrogen-bond donors (Lipinski definition) is 1. The molecule has 1 N–H and O–H groups in total. The van der Waals surface area contributed by atoms with Crippen molar-refractivity contribution in [2.75, 3.05) is 6.54 Å². The van der Waals surface area contributed by atoms with Gasteiger partial charge in [0.25, 0.3) is 0 Å². The summed E-state index contributed by atoms with van der Waals surface area (Å²) < 4.78 is 0. The van der Waals surface area contributed by atoms with Crippen molar-refractivity contribution >= 4 is 0 Å². The molecule has 0 fully saturated rings. The molecular weight excluding hydrogens is 232 g/mol. The monoisotopic (exact) mass is 250 g/mol. The quantitative estimate of drug-likeness (QED) is 0.797. The normalized spacial score (nSPS) is 11.7. The van der Waals surface area contributed by atoms with E-state index in [9.17, 15) is 5.26 Å². The van der Waals surface area contributed by atoms with Gasteiger partial charge in [0, 0.05) is 0 Å². The smallest absolute Gasteiger partial charge is 0.121 e. The Morgan fingerprint density at radius 1 is 0.947 bits per heavy atom. The van der Waals surface area contributed by atoms with Crippen LogP contribution in [-0.2, 0) is 6.42 Å². The standard InChI is InChI=1S/C17H18N2/c18-14-17(16-11-5-2-6-12-16)19-13-7-10-15-8-3-1-4-9-15/h1-6,8-9,11-12,17,19H,7,10,13H2. The topological polar surface area (TPSA) is 35.8 Å². The highest BCUT2D eigenvalue weighted by atomic mass is 14.9. The first-order valence-corrected chi connectivity index (χ1v) is 6.62. The summed E-state index contributed by atoms with van der Waals surface area (Å²) in [6.45, 7) is 0.849. The van der Waals surface area contributed by atoms with E-state index in [1.807, 2.05) is 36.4 Å². The van der Waals surface area contributed by atoms with Gasteiger partial charge in [-0.05, 0) is 30.5 Å². The second kappa shape index (κ2) is 7.35. The van der Waals surface area contributed by atoms with E-state index in [2.05, 4.69) is 35.7 Å². The Morgan fingerprint density at radius 3 is 2.21 bits per heavy atom. The first-order chi connectivity index (χ1) is 9.40. The lowest BCUT2D eigenvalue weighted by Gasteiger charge is -2.11.